The van der Waals surface area contributed by atoms with Crippen LogP contribution in [0.4, 0.5) is 21.6 Å². The molecule has 8 aromatic rings. The summed E-state index contributed by atoms with van der Waals surface area (Å²) < 4.78 is 41.7. The van der Waals surface area contributed by atoms with Crippen molar-refractivity contribution < 1.29 is 8.42 Å². The molecule has 0 spiro atoms. The second-order valence-corrected chi connectivity index (χ2v) is 17.4. The lowest BCUT2D eigenvalue weighted by Gasteiger charge is -2.11. The minimum atomic E-state index is -3.16. The summed E-state index contributed by atoms with van der Waals surface area (Å²) in [7, 11) is 0.620. The van der Waals surface area contributed by atoms with Crippen LogP contribution in [0, 0.1) is 0 Å². The fourth-order valence-electron chi connectivity index (χ4n) is 7.04. The Bertz CT molecular complexity index is 2750. The number of rotatable bonds is 9. The summed E-state index contributed by atoms with van der Waals surface area (Å²) in [6, 6.07) is 4.09. The smallest absolute Gasteiger partial charge is 0.211 e. The molecule has 0 saturated carbocycles. The third-order valence-corrected chi connectivity index (χ3v) is 12.6. The first-order chi connectivity index (χ1) is 27.2. The van der Waals surface area contributed by atoms with Crippen LogP contribution >= 0.6 is 23.1 Å². The van der Waals surface area contributed by atoms with E-state index in [-0.39, 0.29) is 5.92 Å². The van der Waals surface area contributed by atoms with Gasteiger partial charge in [0, 0.05) is 93.9 Å². The van der Waals surface area contributed by atoms with Crippen molar-refractivity contribution in [3.8, 4) is 22.5 Å². The summed E-state index contributed by atoms with van der Waals surface area (Å²) in [5.41, 5.74) is 7.44. The number of imidazole rings is 2. The fourth-order valence-corrected chi connectivity index (χ4v) is 9.37. The van der Waals surface area contributed by atoms with Crippen LogP contribution in [0.5, 0.6) is 0 Å². The normalized spacial score (nSPS) is 17.5. The van der Waals surface area contributed by atoms with Crippen molar-refractivity contribution in [1.29, 1.82) is 0 Å². The molecule has 3 N–H and O–H groups in total. The van der Waals surface area contributed by atoms with Gasteiger partial charge in [-0.15, -0.1) is 0 Å². The molecule has 0 radical (unpaired) electrons. The number of hydrogen-bond acceptors (Lipinski definition) is 15. The van der Waals surface area contributed by atoms with E-state index >= 15 is 0 Å². The largest absolute Gasteiger partial charge is 0.328 e. The highest BCUT2D eigenvalue weighted by atomic mass is 32.2. The lowest BCUT2D eigenvalue weighted by molar-refractivity contribution is 0.478. The quantitative estimate of drug-likeness (QED) is 0.185. The Balaban J connectivity index is 0.000000148. The Hall–Kier alpha value is -5.61. The van der Waals surface area contributed by atoms with Gasteiger partial charge in [-0.3, -0.25) is 18.2 Å². The van der Waals surface area contributed by atoms with Gasteiger partial charge < -0.3 is 16.0 Å². The van der Waals surface area contributed by atoms with Gasteiger partial charge in [0.05, 0.1) is 53.8 Å². The highest BCUT2D eigenvalue weighted by molar-refractivity contribution is 7.88. The zero-order valence-electron chi connectivity index (χ0n) is 30.7. The molecule has 2 unspecified atom stereocenters. The van der Waals surface area contributed by atoms with Crippen molar-refractivity contribution in [2.24, 2.45) is 14.1 Å². The number of aromatic nitrogens is 12. The molecule has 18 nitrogen and oxygen atoms in total. The van der Waals surface area contributed by atoms with Crippen LogP contribution in [-0.4, -0.2) is 102 Å². The molecule has 2 aliphatic rings. The second-order valence-electron chi connectivity index (χ2n) is 13.8. The van der Waals surface area contributed by atoms with E-state index in [1.807, 2.05) is 66.1 Å². The van der Waals surface area contributed by atoms with Crippen LogP contribution in [0.3, 0.4) is 0 Å². The average Bonchev–Trinajstić information content (AvgIpc) is 4.02. The Morgan fingerprint density at radius 3 is 1.77 bits per heavy atom. The molecular formula is C35H38N16O2S3. The Morgan fingerprint density at radius 2 is 1.30 bits per heavy atom. The molecule has 2 aliphatic heterocycles. The molecule has 0 aromatic carbocycles. The fraction of sp³-hybridized carbons (Fsp3) is 0.314. The number of hydrogen-bond donors (Lipinski definition) is 3. The predicted molar refractivity (Wildman–Crippen MR) is 215 cm³/mol. The standard InChI is InChI=1S/C18H20N8O2S2.C17H18N8S/c1-24-10-13(8-21-24)15-9-20-18-17(19-4-6-26(15)18)22-16-7-14(23-29-16)12-3-5-25(11-12)30(2,27)28;1-24-10-12(8-21-24)14-9-20-17-16(19-4-5-25(14)17)22-15-6-13(23-26-15)11-2-3-18-7-11/h4,6-10,12H,3,5,11H2,1-2H3,(H,19,22);4-6,8-11,18H,2-3,7H2,1H3,(H,19,22). The van der Waals surface area contributed by atoms with Crippen LogP contribution in [0.1, 0.15) is 36.1 Å². The average molecular weight is 811 g/mol. The number of sulfonamides is 1. The molecule has 56 heavy (non-hydrogen) atoms. The first-order valence-electron chi connectivity index (χ1n) is 17.9. The van der Waals surface area contributed by atoms with Gasteiger partial charge in [-0.05, 0) is 54.6 Å². The van der Waals surface area contributed by atoms with Gasteiger partial charge in [-0.1, -0.05) is 0 Å². The van der Waals surface area contributed by atoms with Crippen molar-refractivity contribution in [1.82, 2.24) is 66.7 Å². The number of nitrogens with zero attached hydrogens (tertiary/aromatic N) is 13. The first-order valence-corrected chi connectivity index (χ1v) is 21.3. The molecule has 288 valence electrons. The maximum Gasteiger partial charge on any atom is 0.211 e. The molecule has 10 rings (SSSR count). The van der Waals surface area contributed by atoms with Crippen molar-refractivity contribution in [3.05, 3.63) is 85.5 Å². The van der Waals surface area contributed by atoms with Gasteiger partial charge in [0.25, 0.3) is 0 Å². The third-order valence-electron chi connectivity index (χ3n) is 9.91. The number of nitrogens with one attached hydrogen (secondary N) is 3. The van der Waals surface area contributed by atoms with E-state index in [9.17, 15) is 8.42 Å². The molecule has 0 aliphatic carbocycles. The summed E-state index contributed by atoms with van der Waals surface area (Å²) in [5, 5.41) is 20.4. The maximum atomic E-state index is 11.8. The van der Waals surface area contributed by atoms with Gasteiger partial charge in [-0.2, -0.15) is 18.9 Å². The summed E-state index contributed by atoms with van der Waals surface area (Å²) in [6.45, 7) is 3.09. The highest BCUT2D eigenvalue weighted by Gasteiger charge is 2.31. The van der Waals surface area contributed by atoms with Crippen molar-refractivity contribution in [3.63, 3.8) is 0 Å². The summed E-state index contributed by atoms with van der Waals surface area (Å²) >= 11 is 2.80. The van der Waals surface area contributed by atoms with E-state index in [2.05, 4.69) is 60.9 Å². The zero-order valence-corrected chi connectivity index (χ0v) is 33.1. The number of anilines is 4. The Kier molecular flexibility index (Phi) is 9.53. The van der Waals surface area contributed by atoms with Gasteiger partial charge >= 0.3 is 0 Å². The summed E-state index contributed by atoms with van der Waals surface area (Å²) in [5.74, 6) is 1.97. The zero-order chi connectivity index (χ0) is 38.4. The Morgan fingerprint density at radius 1 is 0.750 bits per heavy atom. The molecular weight excluding hydrogens is 773 g/mol. The predicted octanol–water partition coefficient (Wildman–Crippen LogP) is 4.49. The van der Waals surface area contributed by atoms with Gasteiger partial charge in [0.1, 0.15) is 10.0 Å². The van der Waals surface area contributed by atoms with E-state index in [0.29, 0.717) is 30.5 Å². The minimum absolute atomic E-state index is 0.110. The highest BCUT2D eigenvalue weighted by Crippen LogP contribution is 2.34. The van der Waals surface area contributed by atoms with Crippen LogP contribution in [-0.2, 0) is 24.1 Å². The van der Waals surface area contributed by atoms with Crippen molar-refractivity contribution >= 4 is 66.0 Å². The van der Waals surface area contributed by atoms with E-state index in [4.69, 9.17) is 0 Å². The van der Waals surface area contributed by atoms with Gasteiger partial charge in [0.2, 0.25) is 10.0 Å². The molecule has 2 fully saturated rings. The summed E-state index contributed by atoms with van der Waals surface area (Å²) in [6.07, 6.45) is 21.7. The van der Waals surface area contributed by atoms with Crippen LogP contribution < -0.4 is 16.0 Å². The number of fused-ring (bicyclic) bond motifs is 2. The van der Waals surface area contributed by atoms with E-state index in [0.717, 1.165) is 81.3 Å². The third kappa shape index (κ3) is 7.25. The van der Waals surface area contributed by atoms with E-state index in [1.165, 1.54) is 33.6 Å². The number of aryl methyl sites for hydroxylation is 2. The minimum Gasteiger partial charge on any atom is -0.328 e. The Labute approximate surface area is 329 Å². The van der Waals surface area contributed by atoms with E-state index in [1.54, 1.807) is 34.2 Å². The monoisotopic (exact) mass is 810 g/mol. The molecule has 10 heterocycles. The van der Waals surface area contributed by atoms with Crippen molar-refractivity contribution in [2.45, 2.75) is 24.7 Å². The van der Waals surface area contributed by atoms with Crippen molar-refractivity contribution in [2.75, 3.05) is 43.1 Å². The lowest BCUT2D eigenvalue weighted by atomic mass is 10.1. The molecule has 2 atom stereocenters. The molecule has 8 aromatic heterocycles. The van der Waals surface area contributed by atoms with Gasteiger partial charge in [0.15, 0.2) is 22.9 Å². The molecule has 0 amide bonds. The topological polar surface area (TPSA) is 195 Å². The maximum absolute atomic E-state index is 11.8. The SMILES string of the molecule is Cn1cc(-c2cnc3c(Nc4cc(C5CCN(S(C)(=O)=O)C5)ns4)nccn23)cn1.Cn1cc(-c2cnc3c(Nc4cc(C5CCNC5)ns4)nccn23)cn1. The van der Waals surface area contributed by atoms with Crippen LogP contribution in [0.25, 0.3) is 33.8 Å². The summed E-state index contributed by atoms with van der Waals surface area (Å²) in [4.78, 5) is 18.0. The van der Waals surface area contributed by atoms with Crippen LogP contribution in [0.2, 0.25) is 0 Å². The first kappa shape index (κ1) is 36.1. The molecule has 0 bridgehead atoms. The second kappa shape index (κ2) is 14.8. The van der Waals surface area contributed by atoms with Gasteiger partial charge in [-0.25, -0.2) is 32.7 Å². The van der Waals surface area contributed by atoms with E-state index < -0.39 is 10.0 Å². The van der Waals surface area contributed by atoms with Crippen LogP contribution in [0.15, 0.2) is 74.1 Å². The molecule has 21 heteroatoms. The lowest BCUT2D eigenvalue weighted by Crippen LogP contribution is -2.27. The molecule has 2 saturated heterocycles.